The molecule has 9 heteroatoms. The lowest BCUT2D eigenvalue weighted by atomic mass is 9.78. The molecule has 1 saturated carbocycles. The summed E-state index contributed by atoms with van der Waals surface area (Å²) >= 11 is 0. The van der Waals surface area contributed by atoms with E-state index in [4.69, 9.17) is 4.74 Å². The molecule has 2 aliphatic rings. The van der Waals surface area contributed by atoms with Gasteiger partial charge in [-0.05, 0) is 62.1 Å². The lowest BCUT2D eigenvalue weighted by molar-refractivity contribution is -0.144. The molecular formula is C30H33F3N2O4. The summed E-state index contributed by atoms with van der Waals surface area (Å²) in [5, 5.41) is 12.7. The summed E-state index contributed by atoms with van der Waals surface area (Å²) in [5.41, 5.74) is -0.897. The first-order valence-corrected chi connectivity index (χ1v) is 13.1. The number of carbonyl (C=O) groups is 2. The van der Waals surface area contributed by atoms with Crippen molar-refractivity contribution in [2.75, 3.05) is 19.7 Å². The van der Waals surface area contributed by atoms with Gasteiger partial charge in [0, 0.05) is 18.5 Å². The van der Waals surface area contributed by atoms with Gasteiger partial charge in [-0.25, -0.2) is 0 Å². The van der Waals surface area contributed by atoms with Crippen LogP contribution in [0, 0.1) is 18.8 Å². The van der Waals surface area contributed by atoms with Crippen LogP contribution in [0.2, 0.25) is 0 Å². The fraction of sp³-hybridized carbons (Fsp3) is 0.467. The van der Waals surface area contributed by atoms with E-state index in [-0.39, 0.29) is 60.9 Å². The van der Waals surface area contributed by atoms with Crippen LogP contribution in [0.15, 0.2) is 42.5 Å². The molecule has 2 fully saturated rings. The number of aromatic hydroxyl groups is 1. The second-order valence-electron chi connectivity index (χ2n) is 10.2. The summed E-state index contributed by atoms with van der Waals surface area (Å²) in [4.78, 5) is 28.2. The number of alkyl halides is 3. The van der Waals surface area contributed by atoms with Crippen molar-refractivity contribution < 1.29 is 32.6 Å². The minimum Gasteiger partial charge on any atom is -0.508 e. The standard InChI is InChI=1S/C30H33F3N2O4/c1-3-7-22(21-11-13-23(36)14-12-21)18-27(37)34-26-10-4-5-15-29(26)19-35(16-17-39-29)28(38)24-8-6-9-25(20(24)2)30(31,32)33/h6,8-9,11-14,22,26,36H,4-5,10,15-19H2,1-2H3,(H,34,37)/t22-,26-,29+/m0/s1. The number of morpholine rings is 1. The highest BCUT2D eigenvalue weighted by molar-refractivity contribution is 5.96. The fourth-order valence-corrected chi connectivity index (χ4v) is 5.67. The molecule has 1 heterocycles. The zero-order valence-corrected chi connectivity index (χ0v) is 22.1. The van der Waals surface area contributed by atoms with Gasteiger partial charge in [0.15, 0.2) is 0 Å². The second kappa shape index (κ2) is 11.7. The van der Waals surface area contributed by atoms with Gasteiger partial charge >= 0.3 is 6.18 Å². The first-order valence-electron chi connectivity index (χ1n) is 13.1. The predicted molar refractivity (Wildman–Crippen MR) is 140 cm³/mol. The minimum atomic E-state index is -4.55. The number of halogens is 3. The molecule has 2 aromatic rings. The van der Waals surface area contributed by atoms with Gasteiger partial charge in [-0.2, -0.15) is 13.2 Å². The zero-order chi connectivity index (χ0) is 28.2. The number of ether oxygens (including phenoxy) is 1. The number of carbonyl (C=O) groups excluding carboxylic acids is 2. The number of benzene rings is 2. The third-order valence-corrected chi connectivity index (χ3v) is 7.68. The van der Waals surface area contributed by atoms with Crippen molar-refractivity contribution in [3.8, 4) is 17.6 Å². The van der Waals surface area contributed by atoms with E-state index in [1.54, 1.807) is 36.1 Å². The summed E-state index contributed by atoms with van der Waals surface area (Å²) in [6, 6.07) is 9.90. The topological polar surface area (TPSA) is 78.9 Å². The van der Waals surface area contributed by atoms with E-state index in [1.165, 1.54) is 19.1 Å². The molecule has 4 rings (SSSR count). The van der Waals surface area contributed by atoms with E-state index in [2.05, 4.69) is 17.2 Å². The lowest BCUT2D eigenvalue weighted by Gasteiger charge is -2.49. The average molecular weight is 543 g/mol. The van der Waals surface area contributed by atoms with Gasteiger partial charge in [-0.15, -0.1) is 5.92 Å². The van der Waals surface area contributed by atoms with Gasteiger partial charge in [0.2, 0.25) is 5.91 Å². The molecule has 2 amide bonds. The summed E-state index contributed by atoms with van der Waals surface area (Å²) in [5.74, 6) is 5.02. The Balaban J connectivity index is 1.51. The van der Waals surface area contributed by atoms with E-state index in [0.717, 1.165) is 24.5 Å². The van der Waals surface area contributed by atoms with Crippen LogP contribution in [-0.2, 0) is 15.7 Å². The second-order valence-corrected chi connectivity index (χ2v) is 10.2. The van der Waals surface area contributed by atoms with Crippen LogP contribution in [0.5, 0.6) is 5.75 Å². The molecule has 0 unspecified atom stereocenters. The molecule has 1 saturated heterocycles. The fourth-order valence-electron chi connectivity index (χ4n) is 5.67. The Morgan fingerprint density at radius 1 is 1.21 bits per heavy atom. The van der Waals surface area contributed by atoms with E-state index in [0.29, 0.717) is 12.8 Å². The van der Waals surface area contributed by atoms with E-state index >= 15 is 0 Å². The van der Waals surface area contributed by atoms with E-state index in [9.17, 15) is 27.9 Å². The number of phenolic OH excluding ortho intramolecular Hbond substituents is 1. The van der Waals surface area contributed by atoms with Crippen LogP contribution in [-0.4, -0.2) is 53.2 Å². The Morgan fingerprint density at radius 3 is 2.64 bits per heavy atom. The Hall–Kier alpha value is -3.51. The number of nitrogens with one attached hydrogen (secondary N) is 1. The Kier molecular flexibility index (Phi) is 8.55. The van der Waals surface area contributed by atoms with Gasteiger partial charge in [0.05, 0.1) is 30.7 Å². The number of hydrogen-bond donors (Lipinski definition) is 2. The highest BCUT2D eigenvalue weighted by Crippen LogP contribution is 2.37. The van der Waals surface area contributed by atoms with Gasteiger partial charge in [-0.3, -0.25) is 9.59 Å². The first-order chi connectivity index (χ1) is 18.5. The summed E-state index contributed by atoms with van der Waals surface area (Å²) in [6.07, 6.45) is -1.41. The normalized spacial score (nSPS) is 22.1. The van der Waals surface area contributed by atoms with Gasteiger partial charge in [0.25, 0.3) is 5.91 Å². The van der Waals surface area contributed by atoms with Crippen molar-refractivity contribution in [2.45, 2.75) is 69.7 Å². The average Bonchev–Trinajstić information content (AvgIpc) is 2.89. The molecule has 0 bridgehead atoms. The summed E-state index contributed by atoms with van der Waals surface area (Å²) < 4.78 is 46.6. The van der Waals surface area contributed by atoms with Crippen LogP contribution in [0.3, 0.4) is 0 Å². The highest BCUT2D eigenvalue weighted by atomic mass is 19.4. The number of phenols is 1. The summed E-state index contributed by atoms with van der Waals surface area (Å²) in [7, 11) is 0. The molecule has 1 spiro atoms. The molecular weight excluding hydrogens is 509 g/mol. The number of nitrogens with zero attached hydrogens (tertiary/aromatic N) is 1. The van der Waals surface area contributed by atoms with Crippen LogP contribution in [0.4, 0.5) is 13.2 Å². The highest BCUT2D eigenvalue weighted by Gasteiger charge is 2.47. The van der Waals surface area contributed by atoms with Crippen LogP contribution < -0.4 is 5.32 Å². The van der Waals surface area contributed by atoms with E-state index < -0.39 is 23.2 Å². The number of hydrogen-bond acceptors (Lipinski definition) is 4. The van der Waals surface area contributed by atoms with Crippen molar-refractivity contribution in [1.82, 2.24) is 10.2 Å². The van der Waals surface area contributed by atoms with Crippen molar-refractivity contribution in [3.63, 3.8) is 0 Å². The Bertz CT molecular complexity index is 1260. The lowest BCUT2D eigenvalue weighted by Crippen LogP contribution is -2.64. The monoisotopic (exact) mass is 542 g/mol. The third-order valence-electron chi connectivity index (χ3n) is 7.68. The minimum absolute atomic E-state index is 0.0214. The maximum absolute atomic E-state index is 13.5. The van der Waals surface area contributed by atoms with Crippen LogP contribution in [0.1, 0.15) is 72.0 Å². The van der Waals surface area contributed by atoms with Crippen LogP contribution in [0.25, 0.3) is 0 Å². The van der Waals surface area contributed by atoms with Crippen molar-refractivity contribution >= 4 is 11.8 Å². The molecule has 6 nitrogen and oxygen atoms in total. The molecule has 2 aromatic carbocycles. The maximum Gasteiger partial charge on any atom is 0.416 e. The molecule has 1 aliphatic heterocycles. The molecule has 2 N–H and O–H groups in total. The predicted octanol–water partition coefficient (Wildman–Crippen LogP) is 5.19. The largest absolute Gasteiger partial charge is 0.508 e. The van der Waals surface area contributed by atoms with Gasteiger partial charge in [-0.1, -0.05) is 37.0 Å². The number of amides is 2. The maximum atomic E-state index is 13.5. The molecule has 0 radical (unpaired) electrons. The van der Waals surface area contributed by atoms with Crippen molar-refractivity contribution in [2.24, 2.45) is 0 Å². The van der Waals surface area contributed by atoms with Gasteiger partial charge in [0.1, 0.15) is 11.4 Å². The summed E-state index contributed by atoms with van der Waals surface area (Å²) in [6.45, 7) is 3.69. The molecule has 0 aromatic heterocycles. The zero-order valence-electron chi connectivity index (χ0n) is 22.1. The van der Waals surface area contributed by atoms with Gasteiger partial charge < -0.3 is 20.1 Å². The first kappa shape index (κ1) is 28.5. The molecule has 39 heavy (non-hydrogen) atoms. The third kappa shape index (κ3) is 6.39. The van der Waals surface area contributed by atoms with E-state index in [1.807, 2.05) is 0 Å². The smallest absolute Gasteiger partial charge is 0.416 e. The molecule has 3 atom stereocenters. The van der Waals surface area contributed by atoms with Crippen molar-refractivity contribution in [1.29, 1.82) is 0 Å². The Morgan fingerprint density at radius 2 is 1.95 bits per heavy atom. The van der Waals surface area contributed by atoms with Crippen LogP contribution >= 0.6 is 0 Å². The molecule has 1 aliphatic carbocycles. The van der Waals surface area contributed by atoms with Crippen molar-refractivity contribution in [3.05, 3.63) is 64.7 Å². The number of rotatable bonds is 5. The quantitative estimate of drug-likeness (QED) is 0.510. The SMILES string of the molecule is CC#C[C@@H](CC(=O)N[C@H]1CCCC[C@@]12CN(C(=O)c1cccc(C(F)(F)F)c1C)CCO2)c1ccc(O)cc1. The Labute approximate surface area is 226 Å². The molecule has 208 valence electrons.